The zero-order chi connectivity index (χ0) is 13.9. The largest absolute Gasteiger partial charge is 0.338 e. The molecule has 3 rings (SSSR count). The van der Waals surface area contributed by atoms with E-state index < -0.39 is 0 Å². The van der Waals surface area contributed by atoms with Crippen LogP contribution in [-0.4, -0.2) is 66.3 Å². The van der Waals surface area contributed by atoms with Crippen molar-refractivity contribution in [2.24, 2.45) is 0 Å². The zero-order valence-electron chi connectivity index (χ0n) is 12.5. The van der Waals surface area contributed by atoms with Crippen LogP contribution in [0.3, 0.4) is 0 Å². The van der Waals surface area contributed by atoms with Crippen LogP contribution in [0.25, 0.3) is 0 Å². The van der Waals surface area contributed by atoms with Crippen LogP contribution in [0.4, 0.5) is 0 Å². The molecule has 0 spiro atoms. The van der Waals surface area contributed by atoms with E-state index in [1.54, 1.807) is 0 Å². The van der Waals surface area contributed by atoms with Crippen molar-refractivity contribution >= 4 is 0 Å². The van der Waals surface area contributed by atoms with Crippen LogP contribution in [0.15, 0.2) is 4.52 Å². The predicted molar refractivity (Wildman–Crippen MR) is 76.5 cm³/mol. The molecule has 1 aromatic rings. The second-order valence-electron chi connectivity index (χ2n) is 6.15. The SMILES string of the molecule is CN1CCN(C)C(Cc2noc([C@H]3CCCCN3)n2)C1. The van der Waals surface area contributed by atoms with E-state index in [-0.39, 0.29) is 6.04 Å². The van der Waals surface area contributed by atoms with Crippen LogP contribution >= 0.6 is 0 Å². The molecule has 112 valence electrons. The molecule has 1 unspecified atom stereocenters. The Hall–Kier alpha value is -0.980. The smallest absolute Gasteiger partial charge is 0.243 e. The molecule has 6 heteroatoms. The summed E-state index contributed by atoms with van der Waals surface area (Å²) in [4.78, 5) is 9.37. The molecule has 0 radical (unpaired) electrons. The third kappa shape index (κ3) is 3.19. The van der Waals surface area contributed by atoms with Crippen molar-refractivity contribution in [3.63, 3.8) is 0 Å². The molecule has 2 saturated heterocycles. The lowest BCUT2D eigenvalue weighted by atomic mass is 10.1. The first kappa shape index (κ1) is 14.0. The van der Waals surface area contributed by atoms with Crippen molar-refractivity contribution in [2.75, 3.05) is 40.3 Å². The summed E-state index contributed by atoms with van der Waals surface area (Å²) in [7, 11) is 4.36. The Kier molecular flexibility index (Phi) is 4.33. The van der Waals surface area contributed by atoms with Crippen molar-refractivity contribution in [3.8, 4) is 0 Å². The van der Waals surface area contributed by atoms with E-state index in [4.69, 9.17) is 4.52 Å². The predicted octanol–water partition coefficient (Wildman–Crippen LogP) is 0.672. The van der Waals surface area contributed by atoms with E-state index in [1.165, 1.54) is 12.8 Å². The van der Waals surface area contributed by atoms with Crippen molar-refractivity contribution in [2.45, 2.75) is 37.8 Å². The molecule has 2 aliphatic rings. The first-order valence-corrected chi connectivity index (χ1v) is 7.67. The van der Waals surface area contributed by atoms with Gasteiger partial charge in [0.05, 0.1) is 6.04 Å². The van der Waals surface area contributed by atoms with Crippen LogP contribution in [0.2, 0.25) is 0 Å². The normalized spacial score (nSPS) is 29.7. The van der Waals surface area contributed by atoms with Crippen LogP contribution in [0.5, 0.6) is 0 Å². The Morgan fingerprint density at radius 3 is 3.00 bits per heavy atom. The van der Waals surface area contributed by atoms with Crippen LogP contribution in [-0.2, 0) is 6.42 Å². The number of piperazine rings is 1. The monoisotopic (exact) mass is 279 g/mol. The van der Waals surface area contributed by atoms with Gasteiger partial charge in [0.1, 0.15) is 0 Å². The summed E-state index contributed by atoms with van der Waals surface area (Å²) in [6.07, 6.45) is 4.47. The van der Waals surface area contributed by atoms with Gasteiger partial charge in [0.2, 0.25) is 5.89 Å². The lowest BCUT2D eigenvalue weighted by molar-refractivity contribution is 0.113. The number of hydrogen-bond donors (Lipinski definition) is 1. The Labute approximate surface area is 120 Å². The number of nitrogens with zero attached hydrogens (tertiary/aromatic N) is 4. The average molecular weight is 279 g/mol. The minimum atomic E-state index is 0.261. The minimum Gasteiger partial charge on any atom is -0.338 e. The number of rotatable bonds is 3. The maximum absolute atomic E-state index is 5.45. The number of piperidine rings is 1. The Bertz CT molecular complexity index is 429. The molecule has 0 aromatic carbocycles. The summed E-state index contributed by atoms with van der Waals surface area (Å²) < 4.78 is 5.45. The maximum atomic E-state index is 5.45. The van der Waals surface area contributed by atoms with Gasteiger partial charge < -0.3 is 19.6 Å². The first-order valence-electron chi connectivity index (χ1n) is 7.67. The number of aromatic nitrogens is 2. The number of hydrogen-bond acceptors (Lipinski definition) is 6. The molecule has 1 aromatic heterocycles. The van der Waals surface area contributed by atoms with Gasteiger partial charge in [0.15, 0.2) is 5.82 Å². The molecule has 6 nitrogen and oxygen atoms in total. The molecular formula is C14H25N5O. The van der Waals surface area contributed by atoms with Gasteiger partial charge in [0.25, 0.3) is 0 Å². The van der Waals surface area contributed by atoms with Gasteiger partial charge in [-0.15, -0.1) is 0 Å². The van der Waals surface area contributed by atoms with E-state index >= 15 is 0 Å². The van der Waals surface area contributed by atoms with Crippen molar-refractivity contribution < 1.29 is 4.52 Å². The lowest BCUT2D eigenvalue weighted by Gasteiger charge is -2.37. The van der Waals surface area contributed by atoms with E-state index in [0.29, 0.717) is 6.04 Å². The van der Waals surface area contributed by atoms with E-state index in [2.05, 4.69) is 39.4 Å². The van der Waals surface area contributed by atoms with Crippen molar-refractivity contribution in [1.29, 1.82) is 0 Å². The fraction of sp³-hybridized carbons (Fsp3) is 0.857. The van der Waals surface area contributed by atoms with Crippen LogP contribution < -0.4 is 5.32 Å². The molecule has 0 amide bonds. The fourth-order valence-electron chi connectivity index (χ4n) is 3.09. The second-order valence-corrected chi connectivity index (χ2v) is 6.15. The zero-order valence-corrected chi connectivity index (χ0v) is 12.5. The van der Waals surface area contributed by atoms with Gasteiger partial charge in [0, 0.05) is 32.1 Å². The third-order valence-corrected chi connectivity index (χ3v) is 4.49. The Morgan fingerprint density at radius 1 is 1.30 bits per heavy atom. The van der Waals surface area contributed by atoms with Crippen LogP contribution in [0, 0.1) is 0 Å². The Balaban J connectivity index is 1.61. The van der Waals surface area contributed by atoms with Gasteiger partial charge in [-0.3, -0.25) is 0 Å². The highest BCUT2D eigenvalue weighted by Crippen LogP contribution is 2.21. The topological polar surface area (TPSA) is 57.4 Å². The highest BCUT2D eigenvalue weighted by atomic mass is 16.5. The summed E-state index contributed by atoms with van der Waals surface area (Å²) in [5, 5.41) is 7.63. The molecule has 2 fully saturated rings. The summed E-state index contributed by atoms with van der Waals surface area (Å²) in [5.74, 6) is 1.62. The highest BCUT2D eigenvalue weighted by Gasteiger charge is 2.26. The fourth-order valence-corrected chi connectivity index (χ4v) is 3.09. The van der Waals surface area contributed by atoms with Crippen LogP contribution in [0.1, 0.15) is 37.0 Å². The number of likely N-dealkylation sites (N-methyl/N-ethyl adjacent to an activating group) is 2. The van der Waals surface area contributed by atoms with E-state index in [1.807, 2.05) is 0 Å². The van der Waals surface area contributed by atoms with Crippen molar-refractivity contribution in [1.82, 2.24) is 25.3 Å². The lowest BCUT2D eigenvalue weighted by Crippen LogP contribution is -2.50. The summed E-state index contributed by atoms with van der Waals surface area (Å²) in [6.45, 7) is 4.37. The maximum Gasteiger partial charge on any atom is 0.243 e. The number of nitrogens with one attached hydrogen (secondary N) is 1. The standard InChI is InChI=1S/C14H25N5O/c1-18-7-8-19(2)11(10-18)9-13-16-14(20-17-13)12-5-3-4-6-15-12/h11-12,15H,3-10H2,1-2H3/t11?,12-/m1/s1. The molecule has 2 atom stereocenters. The van der Waals surface area contributed by atoms with Gasteiger partial charge in [-0.2, -0.15) is 4.98 Å². The van der Waals surface area contributed by atoms with Crippen molar-refractivity contribution in [3.05, 3.63) is 11.7 Å². The van der Waals surface area contributed by atoms with E-state index in [9.17, 15) is 0 Å². The summed E-state index contributed by atoms with van der Waals surface area (Å²) in [5.41, 5.74) is 0. The van der Waals surface area contributed by atoms with Gasteiger partial charge in [-0.25, -0.2) is 0 Å². The molecule has 3 heterocycles. The first-order chi connectivity index (χ1) is 9.72. The van der Waals surface area contributed by atoms with E-state index in [0.717, 1.165) is 50.7 Å². The average Bonchev–Trinajstić information content (AvgIpc) is 2.92. The molecule has 0 bridgehead atoms. The second kappa shape index (κ2) is 6.20. The van der Waals surface area contributed by atoms with Gasteiger partial charge in [-0.05, 0) is 33.5 Å². The van der Waals surface area contributed by atoms with Gasteiger partial charge in [-0.1, -0.05) is 11.6 Å². The molecule has 1 N–H and O–H groups in total. The molecule has 0 aliphatic carbocycles. The molecule has 2 aliphatic heterocycles. The summed E-state index contributed by atoms with van der Waals surface area (Å²) >= 11 is 0. The summed E-state index contributed by atoms with van der Waals surface area (Å²) in [6, 6.07) is 0.746. The minimum absolute atomic E-state index is 0.261. The quantitative estimate of drug-likeness (QED) is 0.878. The third-order valence-electron chi connectivity index (χ3n) is 4.49. The Morgan fingerprint density at radius 2 is 2.20 bits per heavy atom. The highest BCUT2D eigenvalue weighted by molar-refractivity contribution is 4.97. The molecule has 0 saturated carbocycles. The molecule has 20 heavy (non-hydrogen) atoms. The van der Waals surface area contributed by atoms with Gasteiger partial charge >= 0.3 is 0 Å². The molecular weight excluding hydrogens is 254 g/mol.